The highest BCUT2D eigenvalue weighted by Crippen LogP contribution is 2.42. The first-order chi connectivity index (χ1) is 12.0. The lowest BCUT2D eigenvalue weighted by atomic mass is 9.99. The molecule has 0 unspecified atom stereocenters. The number of ether oxygens (including phenoxy) is 1. The fourth-order valence-electron chi connectivity index (χ4n) is 3.69. The Bertz CT molecular complexity index is 777. The van der Waals surface area contributed by atoms with Gasteiger partial charge in [0.1, 0.15) is 18.3 Å². The van der Waals surface area contributed by atoms with Crippen molar-refractivity contribution >= 4 is 5.91 Å². The van der Waals surface area contributed by atoms with Crippen molar-refractivity contribution in [1.29, 1.82) is 0 Å². The molecule has 1 aliphatic carbocycles. The number of aromatic nitrogens is 5. The highest BCUT2D eigenvalue weighted by Gasteiger charge is 2.46. The van der Waals surface area contributed by atoms with E-state index in [4.69, 9.17) is 4.74 Å². The van der Waals surface area contributed by atoms with E-state index >= 15 is 0 Å². The maximum Gasteiger partial charge on any atom is 0.269 e. The van der Waals surface area contributed by atoms with Crippen molar-refractivity contribution in [1.82, 2.24) is 29.9 Å². The summed E-state index contributed by atoms with van der Waals surface area (Å²) in [6.45, 7) is 7.24. The fraction of sp³-hybridized carbons (Fsp3) is 0.647. The van der Waals surface area contributed by atoms with Crippen molar-refractivity contribution < 1.29 is 9.53 Å². The van der Waals surface area contributed by atoms with Crippen LogP contribution in [0.3, 0.4) is 0 Å². The van der Waals surface area contributed by atoms with Crippen LogP contribution < -0.4 is 5.32 Å². The molecule has 1 amide bonds. The third-order valence-corrected chi connectivity index (χ3v) is 5.22. The summed E-state index contributed by atoms with van der Waals surface area (Å²) in [5.74, 6) is -0.0664. The number of aryl methyl sites for hydroxylation is 1. The maximum atomic E-state index is 13.0. The molecule has 2 aromatic rings. The highest BCUT2D eigenvalue weighted by atomic mass is 16.5. The van der Waals surface area contributed by atoms with Gasteiger partial charge in [0.2, 0.25) is 0 Å². The Morgan fingerprint density at radius 2 is 2.24 bits per heavy atom. The van der Waals surface area contributed by atoms with E-state index in [1.807, 2.05) is 25.5 Å². The minimum atomic E-state index is -0.118. The third kappa shape index (κ3) is 2.74. The molecule has 1 fully saturated rings. The van der Waals surface area contributed by atoms with E-state index in [2.05, 4.69) is 20.5 Å². The average molecular weight is 344 g/mol. The Balaban J connectivity index is 1.56. The second kappa shape index (κ2) is 5.94. The molecule has 1 N–H and O–H groups in total. The Kier molecular flexibility index (Phi) is 3.87. The van der Waals surface area contributed by atoms with E-state index in [0.29, 0.717) is 18.8 Å². The minimum Gasteiger partial charge on any atom is -0.369 e. The van der Waals surface area contributed by atoms with Crippen LogP contribution in [0.4, 0.5) is 0 Å². The topological polar surface area (TPSA) is 86.9 Å². The van der Waals surface area contributed by atoms with Gasteiger partial charge in [-0.25, -0.2) is 9.67 Å². The lowest BCUT2D eigenvalue weighted by molar-refractivity contribution is -0.00712. The van der Waals surface area contributed by atoms with Gasteiger partial charge in [0.15, 0.2) is 0 Å². The van der Waals surface area contributed by atoms with E-state index in [1.54, 1.807) is 11.0 Å². The number of nitrogens with one attached hydrogen (secondary N) is 1. The van der Waals surface area contributed by atoms with Crippen molar-refractivity contribution in [3.63, 3.8) is 0 Å². The van der Waals surface area contributed by atoms with Gasteiger partial charge in [-0.15, -0.1) is 0 Å². The van der Waals surface area contributed by atoms with Crippen LogP contribution >= 0.6 is 0 Å². The number of hydrogen-bond acceptors (Lipinski definition) is 5. The zero-order valence-corrected chi connectivity index (χ0v) is 14.9. The number of amides is 1. The highest BCUT2D eigenvalue weighted by molar-refractivity contribution is 5.94. The molecular formula is C17H24N6O2. The first-order valence-corrected chi connectivity index (χ1v) is 8.92. The van der Waals surface area contributed by atoms with Crippen LogP contribution in [0.15, 0.2) is 12.7 Å². The number of carbonyl (C=O) groups excluding carboxylic acids is 1. The SMILES string of the molecule is CCn1nc2c(c1C(=O)NCC1(n3cncn3)CC1)C[C@H](C)O[C@@H]2C. The summed E-state index contributed by atoms with van der Waals surface area (Å²) in [5, 5.41) is 12.0. The third-order valence-electron chi connectivity index (χ3n) is 5.22. The van der Waals surface area contributed by atoms with Gasteiger partial charge in [0.05, 0.1) is 23.4 Å². The Labute approximate surface area is 146 Å². The minimum absolute atomic E-state index is 0.0664. The van der Waals surface area contributed by atoms with Crippen LogP contribution in [-0.2, 0) is 23.2 Å². The van der Waals surface area contributed by atoms with Crippen LogP contribution in [0.1, 0.15) is 61.5 Å². The van der Waals surface area contributed by atoms with Crippen LogP contribution in [0.25, 0.3) is 0 Å². The standard InChI is InChI=1S/C17H24N6O2/c1-4-22-15(13-7-11(2)25-12(3)14(13)21-22)16(24)19-8-17(5-6-17)23-10-18-9-20-23/h9-12H,4-8H2,1-3H3,(H,19,24)/t11-,12+/m0/s1. The second-order valence-electron chi connectivity index (χ2n) is 7.07. The first-order valence-electron chi connectivity index (χ1n) is 8.92. The summed E-state index contributed by atoms with van der Waals surface area (Å²) in [5.41, 5.74) is 2.47. The molecule has 0 saturated heterocycles. The summed E-state index contributed by atoms with van der Waals surface area (Å²) in [6.07, 6.45) is 5.99. The molecule has 1 aliphatic heterocycles. The molecule has 2 aliphatic rings. The largest absolute Gasteiger partial charge is 0.369 e. The molecule has 0 aromatic carbocycles. The van der Waals surface area contributed by atoms with Gasteiger partial charge in [-0.05, 0) is 33.6 Å². The zero-order chi connectivity index (χ0) is 17.6. The number of hydrogen-bond donors (Lipinski definition) is 1. The molecular weight excluding hydrogens is 320 g/mol. The molecule has 25 heavy (non-hydrogen) atoms. The molecule has 2 atom stereocenters. The van der Waals surface area contributed by atoms with Gasteiger partial charge >= 0.3 is 0 Å². The van der Waals surface area contributed by atoms with Gasteiger partial charge < -0.3 is 10.1 Å². The van der Waals surface area contributed by atoms with Crippen molar-refractivity contribution in [3.05, 3.63) is 29.6 Å². The van der Waals surface area contributed by atoms with Crippen molar-refractivity contribution in [2.24, 2.45) is 0 Å². The lowest BCUT2D eigenvalue weighted by Crippen LogP contribution is -2.37. The molecule has 0 bridgehead atoms. The van der Waals surface area contributed by atoms with E-state index in [0.717, 1.165) is 30.5 Å². The van der Waals surface area contributed by atoms with Gasteiger partial charge in [0.25, 0.3) is 5.91 Å². The maximum absolute atomic E-state index is 13.0. The van der Waals surface area contributed by atoms with E-state index in [1.165, 1.54) is 6.33 Å². The molecule has 3 heterocycles. The molecule has 1 saturated carbocycles. The lowest BCUT2D eigenvalue weighted by Gasteiger charge is -2.24. The summed E-state index contributed by atoms with van der Waals surface area (Å²) >= 11 is 0. The number of nitrogens with zero attached hydrogens (tertiary/aromatic N) is 5. The van der Waals surface area contributed by atoms with E-state index in [-0.39, 0.29) is 23.7 Å². The molecule has 0 radical (unpaired) electrons. The molecule has 8 nitrogen and oxygen atoms in total. The molecule has 2 aromatic heterocycles. The van der Waals surface area contributed by atoms with Crippen molar-refractivity contribution in [2.45, 2.75) is 64.3 Å². The van der Waals surface area contributed by atoms with Gasteiger partial charge in [-0.3, -0.25) is 9.48 Å². The van der Waals surface area contributed by atoms with Crippen LogP contribution in [-0.4, -0.2) is 43.1 Å². The first kappa shape index (κ1) is 16.3. The summed E-state index contributed by atoms with van der Waals surface area (Å²) in [7, 11) is 0. The number of carbonyl (C=O) groups is 1. The summed E-state index contributed by atoms with van der Waals surface area (Å²) in [4.78, 5) is 17.0. The zero-order valence-electron chi connectivity index (χ0n) is 14.9. The predicted octanol–water partition coefficient (Wildman–Crippen LogP) is 1.44. The van der Waals surface area contributed by atoms with Crippen LogP contribution in [0.2, 0.25) is 0 Å². The smallest absolute Gasteiger partial charge is 0.269 e. The Morgan fingerprint density at radius 1 is 1.44 bits per heavy atom. The molecule has 0 spiro atoms. The molecule has 8 heteroatoms. The number of fused-ring (bicyclic) bond motifs is 1. The van der Waals surface area contributed by atoms with Gasteiger partial charge in [0, 0.05) is 25.1 Å². The summed E-state index contributed by atoms with van der Waals surface area (Å²) < 4.78 is 9.51. The monoisotopic (exact) mass is 344 g/mol. The quantitative estimate of drug-likeness (QED) is 0.887. The van der Waals surface area contributed by atoms with Gasteiger partial charge in [-0.2, -0.15) is 10.2 Å². The number of rotatable bonds is 5. The molecule has 4 rings (SSSR count). The average Bonchev–Trinajstić information content (AvgIpc) is 3.02. The van der Waals surface area contributed by atoms with Crippen LogP contribution in [0, 0.1) is 0 Å². The van der Waals surface area contributed by atoms with E-state index in [9.17, 15) is 4.79 Å². The Morgan fingerprint density at radius 3 is 2.88 bits per heavy atom. The van der Waals surface area contributed by atoms with Gasteiger partial charge in [-0.1, -0.05) is 0 Å². The normalized spacial score (nSPS) is 24.0. The second-order valence-corrected chi connectivity index (χ2v) is 7.07. The predicted molar refractivity (Wildman–Crippen MR) is 90.1 cm³/mol. The molecule has 134 valence electrons. The Hall–Kier alpha value is -2.22. The van der Waals surface area contributed by atoms with E-state index < -0.39 is 0 Å². The fourth-order valence-corrected chi connectivity index (χ4v) is 3.69. The van der Waals surface area contributed by atoms with Crippen LogP contribution in [0.5, 0.6) is 0 Å². The summed E-state index contributed by atoms with van der Waals surface area (Å²) in [6, 6.07) is 0. The van der Waals surface area contributed by atoms with Crippen molar-refractivity contribution in [3.8, 4) is 0 Å². The van der Waals surface area contributed by atoms with Crippen molar-refractivity contribution in [2.75, 3.05) is 6.54 Å².